The number of methoxy groups -OCH3 is 1. The highest BCUT2D eigenvalue weighted by molar-refractivity contribution is 7.99. The van der Waals surface area contributed by atoms with E-state index < -0.39 is 0 Å². The Hall–Kier alpha value is -1.16. The molecule has 1 aromatic rings. The molecule has 0 fully saturated rings. The van der Waals surface area contributed by atoms with Crippen molar-refractivity contribution in [3.63, 3.8) is 0 Å². The Morgan fingerprint density at radius 1 is 1.41 bits per heavy atom. The van der Waals surface area contributed by atoms with E-state index in [0.717, 1.165) is 16.3 Å². The molecule has 1 aromatic carbocycles. The highest BCUT2D eigenvalue weighted by Gasteiger charge is 2.17. The van der Waals surface area contributed by atoms with E-state index in [9.17, 15) is 4.79 Å². The number of nitrogens with one attached hydrogen (secondary N) is 1. The zero-order chi connectivity index (χ0) is 12.7. The Labute approximate surface area is 107 Å². The standard InChI is InChI=1S/C13H19NO2S/c1-4-10(13(15)16-3)14-11-8-6-7-9-12(11)17-5-2/h6-10,14H,4-5H2,1-3H3. The van der Waals surface area contributed by atoms with Crippen LogP contribution in [0, 0.1) is 0 Å². The molecule has 0 amide bonds. The fraction of sp³-hybridized carbons (Fsp3) is 0.462. The van der Waals surface area contributed by atoms with Gasteiger partial charge in [-0.25, -0.2) is 4.79 Å². The van der Waals surface area contributed by atoms with Crippen molar-refractivity contribution in [3.8, 4) is 0 Å². The van der Waals surface area contributed by atoms with Gasteiger partial charge in [-0.3, -0.25) is 0 Å². The summed E-state index contributed by atoms with van der Waals surface area (Å²) in [6.07, 6.45) is 0.706. The molecule has 0 aliphatic rings. The monoisotopic (exact) mass is 253 g/mol. The molecule has 0 spiro atoms. The maximum atomic E-state index is 11.5. The van der Waals surface area contributed by atoms with Gasteiger partial charge in [-0.1, -0.05) is 26.0 Å². The summed E-state index contributed by atoms with van der Waals surface area (Å²) in [6, 6.07) is 7.73. The van der Waals surface area contributed by atoms with E-state index in [-0.39, 0.29) is 12.0 Å². The van der Waals surface area contributed by atoms with Gasteiger partial charge in [0.1, 0.15) is 6.04 Å². The van der Waals surface area contributed by atoms with Crippen LogP contribution >= 0.6 is 11.8 Å². The molecule has 0 aliphatic heterocycles. The fourth-order valence-corrected chi connectivity index (χ4v) is 2.29. The number of thioether (sulfide) groups is 1. The Morgan fingerprint density at radius 2 is 2.12 bits per heavy atom. The molecular weight excluding hydrogens is 234 g/mol. The zero-order valence-corrected chi connectivity index (χ0v) is 11.3. The Balaban J connectivity index is 2.81. The van der Waals surface area contributed by atoms with E-state index in [4.69, 9.17) is 4.74 Å². The second kappa shape index (κ2) is 7.22. The highest BCUT2D eigenvalue weighted by atomic mass is 32.2. The second-order valence-corrected chi connectivity index (χ2v) is 4.86. The first kappa shape index (κ1) is 13.9. The summed E-state index contributed by atoms with van der Waals surface area (Å²) in [5, 5.41) is 3.24. The molecule has 0 aromatic heterocycles. The molecule has 1 atom stereocenters. The number of hydrogen-bond acceptors (Lipinski definition) is 4. The van der Waals surface area contributed by atoms with Gasteiger partial charge in [-0.05, 0) is 24.3 Å². The summed E-state index contributed by atoms with van der Waals surface area (Å²) < 4.78 is 4.77. The lowest BCUT2D eigenvalue weighted by molar-refractivity contribution is -0.141. The van der Waals surface area contributed by atoms with Crippen molar-refractivity contribution in [2.45, 2.75) is 31.2 Å². The molecule has 1 rings (SSSR count). The minimum absolute atomic E-state index is 0.219. The van der Waals surface area contributed by atoms with E-state index in [1.165, 1.54) is 7.11 Å². The van der Waals surface area contributed by atoms with Gasteiger partial charge in [0.15, 0.2) is 0 Å². The van der Waals surface area contributed by atoms with Gasteiger partial charge in [-0.2, -0.15) is 0 Å². The molecule has 0 aliphatic carbocycles. The lowest BCUT2D eigenvalue weighted by Gasteiger charge is -2.18. The van der Waals surface area contributed by atoms with E-state index in [0.29, 0.717) is 6.42 Å². The number of anilines is 1. The smallest absolute Gasteiger partial charge is 0.328 e. The molecule has 3 nitrogen and oxygen atoms in total. The van der Waals surface area contributed by atoms with Crippen LogP contribution in [-0.4, -0.2) is 24.9 Å². The molecule has 17 heavy (non-hydrogen) atoms. The third kappa shape index (κ3) is 3.97. The number of carbonyl (C=O) groups excluding carboxylic acids is 1. The van der Waals surface area contributed by atoms with Crippen molar-refractivity contribution in [1.82, 2.24) is 0 Å². The number of esters is 1. The second-order valence-electron chi connectivity index (χ2n) is 3.56. The van der Waals surface area contributed by atoms with Gasteiger partial charge in [0.05, 0.1) is 7.11 Å². The van der Waals surface area contributed by atoms with Gasteiger partial charge >= 0.3 is 5.97 Å². The van der Waals surface area contributed by atoms with E-state index in [1.54, 1.807) is 11.8 Å². The quantitative estimate of drug-likeness (QED) is 0.624. The van der Waals surface area contributed by atoms with Crippen molar-refractivity contribution in [1.29, 1.82) is 0 Å². The van der Waals surface area contributed by atoms with Gasteiger partial charge in [0.2, 0.25) is 0 Å². The molecule has 0 saturated carbocycles. The Bertz CT molecular complexity index is 368. The third-order valence-electron chi connectivity index (χ3n) is 2.41. The minimum atomic E-state index is -0.279. The highest BCUT2D eigenvalue weighted by Crippen LogP contribution is 2.27. The van der Waals surface area contributed by atoms with E-state index in [2.05, 4.69) is 18.3 Å². The number of hydrogen-bond donors (Lipinski definition) is 1. The fourth-order valence-electron chi connectivity index (χ4n) is 1.52. The van der Waals surface area contributed by atoms with Crippen molar-refractivity contribution in [2.24, 2.45) is 0 Å². The van der Waals surface area contributed by atoms with Gasteiger partial charge in [0, 0.05) is 10.6 Å². The summed E-state index contributed by atoms with van der Waals surface area (Å²) in [5.41, 5.74) is 0.997. The first-order valence-electron chi connectivity index (χ1n) is 5.79. The largest absolute Gasteiger partial charge is 0.467 e. The molecule has 0 saturated heterocycles. The lowest BCUT2D eigenvalue weighted by atomic mass is 10.2. The average Bonchev–Trinajstić information content (AvgIpc) is 2.37. The van der Waals surface area contributed by atoms with Crippen LogP contribution in [0.25, 0.3) is 0 Å². The number of carbonyl (C=O) groups is 1. The number of benzene rings is 1. The van der Waals surface area contributed by atoms with Crippen molar-refractivity contribution in [2.75, 3.05) is 18.2 Å². The molecule has 4 heteroatoms. The van der Waals surface area contributed by atoms with Crippen LogP contribution in [-0.2, 0) is 9.53 Å². The topological polar surface area (TPSA) is 38.3 Å². The van der Waals surface area contributed by atoms with Crippen LogP contribution in [0.15, 0.2) is 29.2 Å². The lowest BCUT2D eigenvalue weighted by Crippen LogP contribution is -2.30. The molecule has 1 N–H and O–H groups in total. The van der Waals surface area contributed by atoms with Crippen LogP contribution in [0.1, 0.15) is 20.3 Å². The number of ether oxygens (including phenoxy) is 1. The predicted octanol–water partition coefficient (Wildman–Crippen LogP) is 3.16. The normalized spacial score (nSPS) is 11.9. The third-order valence-corrected chi connectivity index (χ3v) is 3.37. The van der Waals surface area contributed by atoms with Crippen molar-refractivity contribution in [3.05, 3.63) is 24.3 Å². The summed E-state index contributed by atoms with van der Waals surface area (Å²) >= 11 is 1.76. The SMILES string of the molecule is CCSc1ccccc1NC(CC)C(=O)OC. The molecule has 0 heterocycles. The van der Waals surface area contributed by atoms with Crippen LogP contribution < -0.4 is 5.32 Å². The maximum Gasteiger partial charge on any atom is 0.328 e. The summed E-state index contributed by atoms with van der Waals surface area (Å²) in [6.45, 7) is 4.07. The Morgan fingerprint density at radius 3 is 2.71 bits per heavy atom. The van der Waals surface area contributed by atoms with Crippen LogP contribution in [0.5, 0.6) is 0 Å². The maximum absolute atomic E-state index is 11.5. The van der Waals surface area contributed by atoms with Crippen molar-refractivity contribution < 1.29 is 9.53 Å². The van der Waals surface area contributed by atoms with Gasteiger partial charge in [-0.15, -0.1) is 11.8 Å². The number of rotatable bonds is 6. The summed E-state index contributed by atoms with van der Waals surface area (Å²) in [5.74, 6) is 0.789. The summed E-state index contributed by atoms with van der Waals surface area (Å²) in [4.78, 5) is 12.7. The molecule has 1 unspecified atom stereocenters. The molecule has 0 radical (unpaired) electrons. The average molecular weight is 253 g/mol. The van der Waals surface area contributed by atoms with Crippen molar-refractivity contribution >= 4 is 23.4 Å². The van der Waals surface area contributed by atoms with E-state index in [1.807, 2.05) is 25.1 Å². The van der Waals surface area contributed by atoms with Crippen LogP contribution in [0.4, 0.5) is 5.69 Å². The molecule has 94 valence electrons. The minimum Gasteiger partial charge on any atom is -0.467 e. The van der Waals surface area contributed by atoms with Gasteiger partial charge < -0.3 is 10.1 Å². The first-order chi connectivity index (χ1) is 8.22. The number of para-hydroxylation sites is 1. The summed E-state index contributed by atoms with van der Waals surface area (Å²) in [7, 11) is 1.42. The molecule has 0 bridgehead atoms. The van der Waals surface area contributed by atoms with Crippen LogP contribution in [0.3, 0.4) is 0 Å². The predicted molar refractivity (Wildman–Crippen MR) is 72.6 cm³/mol. The molecular formula is C13H19NO2S. The van der Waals surface area contributed by atoms with E-state index >= 15 is 0 Å². The zero-order valence-electron chi connectivity index (χ0n) is 10.5. The van der Waals surface area contributed by atoms with Crippen LogP contribution in [0.2, 0.25) is 0 Å². The van der Waals surface area contributed by atoms with Gasteiger partial charge in [0.25, 0.3) is 0 Å². The first-order valence-corrected chi connectivity index (χ1v) is 6.77. The Kier molecular flexibility index (Phi) is 5.91.